The van der Waals surface area contributed by atoms with E-state index in [0.717, 1.165) is 48.8 Å². The van der Waals surface area contributed by atoms with Gasteiger partial charge in [0.25, 0.3) is 0 Å². The maximum Gasteiger partial charge on any atom is 0.455 e. The van der Waals surface area contributed by atoms with E-state index in [4.69, 9.17) is 16.3 Å². The zero-order valence-corrected chi connectivity index (χ0v) is 23.4. The number of carbonyl (C=O) groups is 2. The Morgan fingerprint density at radius 2 is 1.92 bits per heavy atom. The van der Waals surface area contributed by atoms with Crippen molar-refractivity contribution >= 4 is 36.6 Å². The van der Waals surface area contributed by atoms with Crippen molar-refractivity contribution < 1.29 is 24.4 Å². The van der Waals surface area contributed by atoms with Gasteiger partial charge in [-0.25, -0.2) is 0 Å². The molecule has 1 aromatic carbocycles. The standard InChI is InChI=1S/C30H39BClNO5/c1-17(2)22-15-23-28(30(36)33(29(23)35)20-7-5-4-6-8-20)24-16-31(37)38-26(27(22)24)12-9-18(3)13-19-10-11-21(34)14-25(19)32/h10-11,13-14,17,20,23-24,26,28,34,37H,4-9,12,15-16H2,1-3H3/b18-13+/t23-,24+,26-,28-/m1/s1. The van der Waals surface area contributed by atoms with E-state index < -0.39 is 13.0 Å². The molecule has 2 N–H and O–H groups in total. The quantitative estimate of drug-likeness (QED) is 0.262. The second-order valence-electron chi connectivity index (χ2n) is 12.0. The predicted octanol–water partition coefficient (Wildman–Crippen LogP) is 6.01. The third-order valence-corrected chi connectivity index (χ3v) is 9.43. The van der Waals surface area contributed by atoms with Crippen molar-refractivity contribution in [2.75, 3.05) is 0 Å². The average molecular weight is 540 g/mol. The van der Waals surface area contributed by atoms with Gasteiger partial charge in [0.05, 0.1) is 23.0 Å². The molecule has 2 heterocycles. The third-order valence-electron chi connectivity index (χ3n) is 9.10. The van der Waals surface area contributed by atoms with Gasteiger partial charge in [0.15, 0.2) is 0 Å². The van der Waals surface area contributed by atoms with Gasteiger partial charge in [0.2, 0.25) is 11.8 Å². The first kappa shape index (κ1) is 27.5. The minimum absolute atomic E-state index is 0.00573. The lowest BCUT2D eigenvalue weighted by Crippen LogP contribution is -2.47. The molecule has 5 rings (SSSR count). The molecule has 0 unspecified atom stereocenters. The van der Waals surface area contributed by atoms with E-state index in [-0.39, 0.29) is 47.5 Å². The van der Waals surface area contributed by atoms with Crippen molar-refractivity contribution in [3.05, 3.63) is 45.5 Å². The van der Waals surface area contributed by atoms with Gasteiger partial charge in [-0.1, -0.05) is 61.9 Å². The van der Waals surface area contributed by atoms with Crippen LogP contribution in [0, 0.1) is 23.7 Å². The van der Waals surface area contributed by atoms with Crippen LogP contribution in [-0.2, 0) is 14.2 Å². The molecule has 1 aromatic rings. The molecule has 2 aliphatic heterocycles. The van der Waals surface area contributed by atoms with Crippen LogP contribution < -0.4 is 0 Å². The summed E-state index contributed by atoms with van der Waals surface area (Å²) >= 11 is 6.30. The van der Waals surface area contributed by atoms with E-state index in [1.165, 1.54) is 18.1 Å². The van der Waals surface area contributed by atoms with Crippen LogP contribution in [0.4, 0.5) is 0 Å². The number of phenolic OH excluding ortho intramolecular Hbond substituents is 1. The van der Waals surface area contributed by atoms with Crippen molar-refractivity contribution in [1.82, 2.24) is 4.90 Å². The summed E-state index contributed by atoms with van der Waals surface area (Å²) in [4.78, 5) is 29.1. The number of halogens is 1. The monoisotopic (exact) mass is 539 g/mol. The predicted molar refractivity (Wildman–Crippen MR) is 149 cm³/mol. The molecule has 4 atom stereocenters. The minimum Gasteiger partial charge on any atom is -0.508 e. The number of hydrogen-bond donors (Lipinski definition) is 2. The highest BCUT2D eigenvalue weighted by molar-refractivity contribution is 6.43. The largest absolute Gasteiger partial charge is 0.508 e. The Balaban J connectivity index is 1.41. The minimum atomic E-state index is -0.955. The van der Waals surface area contributed by atoms with Gasteiger partial charge in [-0.3, -0.25) is 14.5 Å². The number of rotatable bonds is 6. The number of imide groups is 1. The summed E-state index contributed by atoms with van der Waals surface area (Å²) in [6, 6.07) is 4.96. The Hall–Kier alpha value is -2.09. The summed E-state index contributed by atoms with van der Waals surface area (Å²) in [6.45, 7) is 6.34. The Labute approximate surface area is 231 Å². The van der Waals surface area contributed by atoms with Crippen molar-refractivity contribution in [3.63, 3.8) is 0 Å². The van der Waals surface area contributed by atoms with Crippen LogP contribution in [0.3, 0.4) is 0 Å². The van der Waals surface area contributed by atoms with Crippen molar-refractivity contribution in [2.24, 2.45) is 23.7 Å². The number of likely N-dealkylation sites (tertiary alicyclic amines) is 1. The van der Waals surface area contributed by atoms with Crippen LogP contribution in [0.25, 0.3) is 6.08 Å². The van der Waals surface area contributed by atoms with Gasteiger partial charge in [-0.15, -0.1) is 0 Å². The van der Waals surface area contributed by atoms with Crippen molar-refractivity contribution in [2.45, 2.75) is 90.6 Å². The molecule has 0 spiro atoms. The third kappa shape index (κ3) is 5.22. The molecule has 3 fully saturated rings. The number of aromatic hydroxyl groups is 1. The van der Waals surface area contributed by atoms with Gasteiger partial charge in [0.1, 0.15) is 5.75 Å². The Kier molecular flexibility index (Phi) is 8.09. The lowest BCUT2D eigenvalue weighted by molar-refractivity contribution is -0.143. The van der Waals surface area contributed by atoms with E-state index in [1.807, 2.05) is 13.0 Å². The summed E-state index contributed by atoms with van der Waals surface area (Å²) in [5.74, 6) is -0.537. The molecule has 0 bridgehead atoms. The molecule has 2 saturated heterocycles. The van der Waals surface area contributed by atoms with E-state index in [1.54, 1.807) is 17.0 Å². The summed E-state index contributed by atoms with van der Waals surface area (Å²) in [5, 5.41) is 20.9. The molecule has 2 aliphatic carbocycles. The normalized spacial score (nSPS) is 28.8. The van der Waals surface area contributed by atoms with Gasteiger partial charge in [-0.2, -0.15) is 0 Å². The second kappa shape index (κ2) is 11.2. The van der Waals surface area contributed by atoms with Crippen LogP contribution in [0.5, 0.6) is 5.75 Å². The summed E-state index contributed by atoms with van der Waals surface area (Å²) in [6.07, 6.45) is 9.19. The van der Waals surface area contributed by atoms with E-state index in [2.05, 4.69) is 13.8 Å². The first-order valence-corrected chi connectivity index (χ1v) is 14.6. The highest BCUT2D eigenvalue weighted by atomic mass is 35.5. The van der Waals surface area contributed by atoms with Crippen molar-refractivity contribution in [1.29, 1.82) is 0 Å². The Bertz CT molecular complexity index is 1160. The summed E-state index contributed by atoms with van der Waals surface area (Å²) in [7, 11) is -0.955. The molecule has 6 nitrogen and oxygen atoms in total. The molecule has 0 radical (unpaired) electrons. The smallest absolute Gasteiger partial charge is 0.455 e. The van der Waals surface area contributed by atoms with Crippen molar-refractivity contribution in [3.8, 4) is 5.75 Å². The van der Waals surface area contributed by atoms with Gasteiger partial charge >= 0.3 is 7.12 Å². The average Bonchev–Trinajstić information content (AvgIpc) is 3.13. The molecule has 38 heavy (non-hydrogen) atoms. The van der Waals surface area contributed by atoms with Crippen LogP contribution in [0.2, 0.25) is 11.3 Å². The Morgan fingerprint density at radius 1 is 1.18 bits per heavy atom. The first-order chi connectivity index (χ1) is 18.2. The molecular formula is C30H39BClNO5. The van der Waals surface area contributed by atoms with E-state index in [0.29, 0.717) is 24.2 Å². The van der Waals surface area contributed by atoms with E-state index in [9.17, 15) is 19.7 Å². The number of fused-ring (bicyclic) bond motifs is 3. The lowest BCUT2D eigenvalue weighted by Gasteiger charge is -2.44. The first-order valence-electron chi connectivity index (χ1n) is 14.2. The zero-order valence-electron chi connectivity index (χ0n) is 22.7. The fourth-order valence-electron chi connectivity index (χ4n) is 7.30. The summed E-state index contributed by atoms with van der Waals surface area (Å²) < 4.78 is 6.13. The number of benzene rings is 1. The van der Waals surface area contributed by atoms with Crippen LogP contribution in [0.15, 0.2) is 34.9 Å². The number of amides is 2. The molecule has 204 valence electrons. The summed E-state index contributed by atoms with van der Waals surface area (Å²) in [5.41, 5.74) is 4.32. The second-order valence-corrected chi connectivity index (χ2v) is 12.4. The lowest BCUT2D eigenvalue weighted by atomic mass is 9.57. The SMILES string of the molecule is C/C(=C\c1ccc(O)cc1Cl)CC[C@H]1OB(O)C[C@H]2C1=C(C(C)C)C[C@H]1C(=O)N(C3CCCCC3)C(=O)[C@H]12. The fourth-order valence-corrected chi connectivity index (χ4v) is 7.53. The molecule has 1 saturated carbocycles. The van der Waals surface area contributed by atoms with Crippen LogP contribution in [0.1, 0.15) is 77.7 Å². The number of nitrogens with zero attached hydrogens (tertiary/aromatic N) is 1. The fraction of sp³-hybridized carbons (Fsp3) is 0.600. The number of allylic oxidation sites excluding steroid dienone is 2. The number of hydrogen-bond acceptors (Lipinski definition) is 5. The maximum atomic E-state index is 13.8. The Morgan fingerprint density at radius 3 is 2.61 bits per heavy atom. The number of phenols is 1. The van der Waals surface area contributed by atoms with Crippen LogP contribution in [-0.4, -0.2) is 46.1 Å². The molecule has 0 aromatic heterocycles. The highest BCUT2D eigenvalue weighted by Crippen LogP contribution is 2.52. The van der Waals surface area contributed by atoms with Gasteiger partial charge in [-0.05, 0) is 86.5 Å². The molecule has 2 amide bonds. The van der Waals surface area contributed by atoms with E-state index >= 15 is 0 Å². The molecular weight excluding hydrogens is 501 g/mol. The molecule has 4 aliphatic rings. The highest BCUT2D eigenvalue weighted by Gasteiger charge is 2.58. The van der Waals surface area contributed by atoms with Gasteiger partial charge < -0.3 is 14.8 Å². The molecule has 8 heteroatoms. The number of carbonyl (C=O) groups excluding carboxylic acids is 2. The maximum absolute atomic E-state index is 13.8. The van der Waals surface area contributed by atoms with Crippen LogP contribution >= 0.6 is 11.6 Å². The van der Waals surface area contributed by atoms with Gasteiger partial charge in [0, 0.05) is 6.04 Å². The zero-order chi connectivity index (χ0) is 27.1. The topological polar surface area (TPSA) is 87.1 Å².